The first kappa shape index (κ1) is 23.7. The quantitative estimate of drug-likeness (QED) is 0.371. The topological polar surface area (TPSA) is 84.9 Å². The summed E-state index contributed by atoms with van der Waals surface area (Å²) in [4.78, 5) is 40.2. The van der Waals surface area contributed by atoms with Crippen molar-refractivity contribution in [2.24, 2.45) is 0 Å². The number of esters is 1. The van der Waals surface area contributed by atoms with Gasteiger partial charge in [-0.1, -0.05) is 78.9 Å². The number of thioether (sulfide) groups is 1. The predicted molar refractivity (Wildman–Crippen MR) is 136 cm³/mol. The van der Waals surface area contributed by atoms with Gasteiger partial charge in [-0.15, -0.1) is 11.8 Å². The van der Waals surface area contributed by atoms with Crippen LogP contribution in [0.1, 0.15) is 23.7 Å². The number of ether oxygens (including phenoxy) is 2. The van der Waals surface area contributed by atoms with E-state index >= 15 is 0 Å². The van der Waals surface area contributed by atoms with Crippen molar-refractivity contribution < 1.29 is 23.9 Å². The van der Waals surface area contributed by atoms with Gasteiger partial charge >= 0.3 is 5.97 Å². The smallest absolute Gasteiger partial charge is 0.357 e. The molecule has 0 unspecified atom stereocenters. The zero-order valence-electron chi connectivity index (χ0n) is 19.3. The Bertz CT molecular complexity index is 1240. The number of carbonyl (C=O) groups is 3. The summed E-state index contributed by atoms with van der Waals surface area (Å²) in [5, 5.41) is 2.63. The summed E-state index contributed by atoms with van der Waals surface area (Å²) in [6.45, 7) is -0.228. The van der Waals surface area contributed by atoms with Crippen LogP contribution in [0, 0.1) is 0 Å². The Morgan fingerprint density at radius 1 is 0.917 bits per heavy atom. The minimum atomic E-state index is -0.671. The molecule has 1 fully saturated rings. The van der Waals surface area contributed by atoms with Crippen LogP contribution in [-0.4, -0.2) is 40.4 Å². The van der Waals surface area contributed by atoms with Crippen LogP contribution in [0.15, 0.2) is 102 Å². The van der Waals surface area contributed by atoms with E-state index in [0.717, 1.165) is 11.1 Å². The van der Waals surface area contributed by atoms with Crippen LogP contribution in [0.3, 0.4) is 0 Å². The van der Waals surface area contributed by atoms with Crippen LogP contribution in [-0.2, 0) is 19.1 Å². The van der Waals surface area contributed by atoms with Crippen LogP contribution in [0.25, 0.3) is 0 Å². The average molecular weight is 501 g/mol. The number of amides is 2. The van der Waals surface area contributed by atoms with E-state index < -0.39 is 18.0 Å². The first-order chi connectivity index (χ1) is 17.6. The van der Waals surface area contributed by atoms with Crippen LogP contribution in [0.4, 0.5) is 0 Å². The van der Waals surface area contributed by atoms with Gasteiger partial charge in [-0.2, -0.15) is 0 Å². The SMILES string of the molecule is O=C(COc1ccccc1)NC1=C(C(=O)OC(c2ccccc2)c2ccccc2)N2C(=O)C[C@H]2SC1. The van der Waals surface area contributed by atoms with E-state index in [4.69, 9.17) is 9.47 Å². The number of nitrogens with zero attached hydrogens (tertiary/aromatic N) is 1. The summed E-state index contributed by atoms with van der Waals surface area (Å²) in [5.41, 5.74) is 2.03. The third-order valence-corrected chi connectivity index (χ3v) is 7.10. The van der Waals surface area contributed by atoms with Gasteiger partial charge in [0.2, 0.25) is 5.91 Å². The van der Waals surface area contributed by atoms with Crippen molar-refractivity contribution in [2.75, 3.05) is 12.4 Å². The molecule has 7 nitrogen and oxygen atoms in total. The molecule has 0 spiro atoms. The Labute approximate surface area is 213 Å². The molecular weight excluding hydrogens is 476 g/mol. The monoisotopic (exact) mass is 500 g/mol. The number of rotatable bonds is 8. The third kappa shape index (κ3) is 5.13. The molecule has 2 heterocycles. The number of fused-ring (bicyclic) bond motifs is 1. The predicted octanol–water partition coefficient (Wildman–Crippen LogP) is 4.03. The highest BCUT2D eigenvalue weighted by Gasteiger charge is 2.46. The van der Waals surface area contributed by atoms with E-state index in [9.17, 15) is 14.4 Å². The molecule has 2 aliphatic heterocycles. The first-order valence-electron chi connectivity index (χ1n) is 11.6. The third-order valence-electron chi connectivity index (χ3n) is 5.88. The number of β-lactam (4-membered cyclic amide) rings is 1. The number of nitrogens with one attached hydrogen (secondary N) is 1. The molecule has 0 aliphatic carbocycles. The molecule has 3 aromatic rings. The first-order valence-corrected chi connectivity index (χ1v) is 12.6. The fourth-order valence-corrected chi connectivity index (χ4v) is 5.32. The van der Waals surface area contributed by atoms with Crippen molar-refractivity contribution in [1.82, 2.24) is 10.2 Å². The molecule has 36 heavy (non-hydrogen) atoms. The van der Waals surface area contributed by atoms with Gasteiger partial charge in [0.15, 0.2) is 18.4 Å². The van der Waals surface area contributed by atoms with E-state index in [0.29, 0.717) is 23.6 Å². The molecule has 1 saturated heterocycles. The van der Waals surface area contributed by atoms with Crippen LogP contribution >= 0.6 is 11.8 Å². The number of hydrogen-bond donors (Lipinski definition) is 1. The Balaban J connectivity index is 1.40. The molecule has 0 aromatic heterocycles. The molecule has 1 atom stereocenters. The van der Waals surface area contributed by atoms with E-state index in [1.165, 1.54) is 16.7 Å². The van der Waals surface area contributed by atoms with Gasteiger partial charge in [-0.25, -0.2) is 4.79 Å². The minimum Gasteiger partial charge on any atom is -0.484 e. The van der Waals surface area contributed by atoms with Gasteiger partial charge in [0.25, 0.3) is 5.91 Å². The summed E-state index contributed by atoms with van der Waals surface area (Å²) in [5.74, 6) is -0.329. The molecule has 2 amide bonds. The molecule has 0 bridgehead atoms. The maximum atomic E-state index is 13.6. The highest BCUT2D eigenvalue weighted by molar-refractivity contribution is 8.00. The lowest BCUT2D eigenvalue weighted by atomic mass is 10.0. The van der Waals surface area contributed by atoms with Crippen LogP contribution in [0.5, 0.6) is 5.75 Å². The van der Waals surface area contributed by atoms with Crippen molar-refractivity contribution in [3.05, 3.63) is 114 Å². The molecule has 8 heteroatoms. The van der Waals surface area contributed by atoms with Gasteiger partial charge in [-0.3, -0.25) is 14.5 Å². The standard InChI is InChI=1S/C28H24N2O5S/c31-23(17-34-21-14-8-3-9-15-21)29-22-18-36-25-16-24(32)30(25)26(22)28(33)35-27(19-10-4-1-5-11-19)20-12-6-2-7-13-20/h1-15,25,27H,16-18H2,(H,29,31)/t25-/m1/s1. The van der Waals surface area contributed by atoms with Crippen molar-refractivity contribution in [1.29, 1.82) is 0 Å². The van der Waals surface area contributed by atoms with Crippen LogP contribution in [0.2, 0.25) is 0 Å². The molecule has 1 N–H and O–H groups in total. The fourth-order valence-electron chi connectivity index (χ4n) is 4.12. The lowest BCUT2D eigenvalue weighted by Crippen LogP contribution is -2.55. The molecule has 2 aliphatic rings. The highest BCUT2D eigenvalue weighted by atomic mass is 32.2. The molecule has 3 aromatic carbocycles. The lowest BCUT2D eigenvalue weighted by Gasteiger charge is -2.44. The van der Waals surface area contributed by atoms with Gasteiger partial charge in [0, 0.05) is 5.75 Å². The average Bonchev–Trinajstić information content (AvgIpc) is 2.92. The Morgan fingerprint density at radius 2 is 1.50 bits per heavy atom. The fraction of sp³-hybridized carbons (Fsp3) is 0.179. The zero-order chi connectivity index (χ0) is 24.9. The maximum Gasteiger partial charge on any atom is 0.357 e. The second-order valence-electron chi connectivity index (χ2n) is 8.32. The molecule has 5 rings (SSSR count). The molecule has 0 saturated carbocycles. The highest BCUT2D eigenvalue weighted by Crippen LogP contribution is 2.40. The Hall–Kier alpha value is -4.04. The minimum absolute atomic E-state index is 0.0833. The number of benzene rings is 3. The van der Waals surface area contributed by atoms with E-state index in [1.54, 1.807) is 12.1 Å². The Morgan fingerprint density at radius 3 is 2.08 bits per heavy atom. The maximum absolute atomic E-state index is 13.6. The summed E-state index contributed by atoms with van der Waals surface area (Å²) >= 11 is 1.50. The summed E-state index contributed by atoms with van der Waals surface area (Å²) in [6.07, 6.45) is -0.323. The zero-order valence-corrected chi connectivity index (χ0v) is 20.1. The van der Waals surface area contributed by atoms with Gasteiger partial charge in [0.1, 0.15) is 5.75 Å². The number of carbonyl (C=O) groups excluding carboxylic acids is 3. The largest absolute Gasteiger partial charge is 0.484 e. The summed E-state index contributed by atoms with van der Waals surface area (Å²) in [7, 11) is 0. The van der Waals surface area contributed by atoms with Crippen LogP contribution < -0.4 is 10.1 Å². The summed E-state index contributed by atoms with van der Waals surface area (Å²) < 4.78 is 11.6. The van der Waals surface area contributed by atoms with Crippen molar-refractivity contribution in [2.45, 2.75) is 17.9 Å². The van der Waals surface area contributed by atoms with Crippen molar-refractivity contribution in [3.63, 3.8) is 0 Å². The lowest BCUT2D eigenvalue weighted by molar-refractivity contribution is -0.152. The molecule has 0 radical (unpaired) electrons. The molecule has 182 valence electrons. The van der Waals surface area contributed by atoms with Gasteiger partial charge in [-0.05, 0) is 23.3 Å². The summed E-state index contributed by atoms with van der Waals surface area (Å²) in [6, 6.07) is 27.8. The number of para-hydroxylation sites is 1. The normalized spacial score (nSPS) is 16.8. The van der Waals surface area contributed by atoms with Gasteiger partial charge in [0.05, 0.1) is 17.5 Å². The van der Waals surface area contributed by atoms with E-state index in [1.807, 2.05) is 78.9 Å². The molecular formula is C28H24N2O5S. The van der Waals surface area contributed by atoms with Gasteiger partial charge < -0.3 is 14.8 Å². The van der Waals surface area contributed by atoms with E-state index in [-0.39, 0.29) is 23.6 Å². The van der Waals surface area contributed by atoms with Crippen molar-refractivity contribution >= 4 is 29.5 Å². The Kier molecular flexibility index (Phi) is 7.04. The van der Waals surface area contributed by atoms with E-state index in [2.05, 4.69) is 5.32 Å². The number of hydrogen-bond acceptors (Lipinski definition) is 6. The van der Waals surface area contributed by atoms with Crippen molar-refractivity contribution in [3.8, 4) is 5.75 Å². The second-order valence-corrected chi connectivity index (χ2v) is 9.48. The second kappa shape index (κ2) is 10.7.